The van der Waals surface area contributed by atoms with E-state index in [0.29, 0.717) is 49.2 Å². The lowest BCUT2D eigenvalue weighted by Gasteiger charge is -2.63. The second kappa shape index (κ2) is 8.64. The summed E-state index contributed by atoms with van der Waals surface area (Å²) in [5.74, 6) is 2.07. The average molecular weight is 535 g/mol. The number of hydrogen-bond donors (Lipinski definition) is 2. The summed E-state index contributed by atoms with van der Waals surface area (Å²) in [5, 5.41) is 23.1. The van der Waals surface area contributed by atoms with Crippen LogP contribution in [0.4, 0.5) is 0 Å². The summed E-state index contributed by atoms with van der Waals surface area (Å²) in [5.41, 5.74) is 2.87. The molecule has 1 aromatic rings. The molecule has 39 heavy (non-hydrogen) atoms. The van der Waals surface area contributed by atoms with Crippen molar-refractivity contribution in [1.29, 1.82) is 0 Å². The molecule has 0 bridgehead atoms. The van der Waals surface area contributed by atoms with Crippen LogP contribution in [-0.4, -0.2) is 47.0 Å². The van der Waals surface area contributed by atoms with Gasteiger partial charge in [-0.3, -0.25) is 0 Å². The van der Waals surface area contributed by atoms with Crippen LogP contribution in [0.15, 0.2) is 36.4 Å². The Morgan fingerprint density at radius 3 is 2.33 bits per heavy atom. The minimum Gasteiger partial charge on any atom is -0.389 e. The number of hydrogen-bond acceptors (Lipinski definition) is 5. The molecule has 1 aromatic carbocycles. The van der Waals surface area contributed by atoms with Crippen LogP contribution in [-0.2, 0) is 14.2 Å². The standard InChI is InChI=1S/C34H46O5/c1-21-12-16-39-34(21)15-11-27-25-9-13-32(36)20-33(37-17-18-38-33)14-10-28(32)29(25)26(19-31(27,34)2)22-3-5-23(6-4-22)30(35)24-7-8-24/h3-6,24-30,35-36H,1,7-20H2,2H3/t25?,26-,27?,28?,29?,30?,31+,32-,34-/m1/s1. The minimum absolute atomic E-state index is 0.0572. The molecule has 0 radical (unpaired) electrons. The monoisotopic (exact) mass is 534 g/mol. The van der Waals surface area contributed by atoms with E-state index in [1.54, 1.807) is 0 Å². The van der Waals surface area contributed by atoms with Crippen LogP contribution in [0, 0.1) is 35.0 Å². The van der Waals surface area contributed by atoms with Gasteiger partial charge < -0.3 is 24.4 Å². The molecular formula is C34H46O5. The first-order valence-electron chi connectivity index (χ1n) is 15.9. The Morgan fingerprint density at radius 1 is 0.897 bits per heavy atom. The van der Waals surface area contributed by atoms with Crippen molar-refractivity contribution in [3.05, 3.63) is 47.5 Å². The lowest BCUT2D eigenvalue weighted by atomic mass is 9.44. The molecule has 2 aliphatic heterocycles. The molecule has 212 valence electrons. The SMILES string of the molecule is C=C1CCO[C@]12CCC1C3CC[C@@]4(O)CC5(CCC4C3[C@@H](c3ccc(C(O)C4CC4)cc3)C[C@@]12C)OCCO5. The molecule has 5 nitrogen and oxygen atoms in total. The predicted octanol–water partition coefficient (Wildman–Crippen LogP) is 6.05. The van der Waals surface area contributed by atoms with Gasteiger partial charge >= 0.3 is 0 Å². The summed E-state index contributed by atoms with van der Waals surface area (Å²) in [6, 6.07) is 8.98. The zero-order valence-electron chi connectivity index (χ0n) is 23.6. The summed E-state index contributed by atoms with van der Waals surface area (Å²) in [7, 11) is 0. The molecule has 2 saturated heterocycles. The smallest absolute Gasteiger partial charge is 0.171 e. The van der Waals surface area contributed by atoms with Crippen LogP contribution in [0.25, 0.3) is 0 Å². The highest BCUT2D eigenvalue weighted by atomic mass is 16.7. The molecule has 7 aliphatic rings. The first kappa shape index (κ1) is 25.5. The normalized spacial score (nSPS) is 47.3. The average Bonchev–Trinajstić information content (AvgIpc) is 3.47. The van der Waals surface area contributed by atoms with Gasteiger partial charge in [0.2, 0.25) is 0 Å². The van der Waals surface area contributed by atoms with Crippen molar-refractivity contribution in [3.63, 3.8) is 0 Å². The van der Waals surface area contributed by atoms with Crippen molar-refractivity contribution in [3.8, 4) is 0 Å². The van der Waals surface area contributed by atoms with Gasteiger partial charge in [-0.25, -0.2) is 0 Å². The third-order valence-corrected chi connectivity index (χ3v) is 13.1. The first-order chi connectivity index (χ1) is 18.8. The van der Waals surface area contributed by atoms with E-state index < -0.39 is 11.4 Å². The van der Waals surface area contributed by atoms with Crippen LogP contribution in [0.3, 0.4) is 0 Å². The Morgan fingerprint density at radius 2 is 1.64 bits per heavy atom. The molecule has 2 spiro atoms. The molecule has 5 unspecified atom stereocenters. The number of fused-ring (bicyclic) bond motifs is 6. The highest BCUT2D eigenvalue weighted by Gasteiger charge is 2.69. The number of aliphatic hydroxyl groups is 2. The zero-order valence-corrected chi connectivity index (χ0v) is 23.6. The summed E-state index contributed by atoms with van der Waals surface area (Å²) in [6.07, 6.45) is 10.6. The Labute approximate surface area is 233 Å². The van der Waals surface area contributed by atoms with E-state index in [9.17, 15) is 10.2 Å². The zero-order chi connectivity index (χ0) is 26.6. The molecule has 8 rings (SSSR count). The predicted molar refractivity (Wildman–Crippen MR) is 148 cm³/mol. The molecule has 5 saturated carbocycles. The van der Waals surface area contributed by atoms with Gasteiger partial charge in [0.05, 0.1) is 37.1 Å². The maximum Gasteiger partial charge on any atom is 0.171 e. The van der Waals surface area contributed by atoms with E-state index in [1.807, 2.05) is 0 Å². The van der Waals surface area contributed by atoms with Crippen LogP contribution in [0.5, 0.6) is 0 Å². The minimum atomic E-state index is -0.735. The van der Waals surface area contributed by atoms with Gasteiger partial charge in [-0.1, -0.05) is 37.8 Å². The van der Waals surface area contributed by atoms with E-state index in [2.05, 4.69) is 37.8 Å². The van der Waals surface area contributed by atoms with Gasteiger partial charge in [0.1, 0.15) is 0 Å². The summed E-state index contributed by atoms with van der Waals surface area (Å²) in [4.78, 5) is 0. The molecule has 9 atom stereocenters. The maximum atomic E-state index is 12.3. The molecule has 0 aromatic heterocycles. The largest absolute Gasteiger partial charge is 0.389 e. The molecule has 2 N–H and O–H groups in total. The van der Waals surface area contributed by atoms with E-state index in [1.165, 1.54) is 17.6 Å². The fraction of sp³-hybridized carbons (Fsp3) is 0.765. The van der Waals surface area contributed by atoms with Crippen molar-refractivity contribution in [1.82, 2.24) is 0 Å². The van der Waals surface area contributed by atoms with Crippen molar-refractivity contribution in [2.45, 2.75) is 107 Å². The van der Waals surface area contributed by atoms with Gasteiger partial charge in [-0.2, -0.15) is 0 Å². The lowest BCUT2D eigenvalue weighted by Crippen LogP contribution is -2.62. The van der Waals surface area contributed by atoms with Gasteiger partial charge in [-0.15, -0.1) is 0 Å². The Bertz CT molecular complexity index is 1140. The molecular weight excluding hydrogens is 488 g/mol. The van der Waals surface area contributed by atoms with Crippen molar-refractivity contribution in [2.75, 3.05) is 19.8 Å². The fourth-order valence-corrected chi connectivity index (χ4v) is 11.1. The first-order valence-corrected chi connectivity index (χ1v) is 15.9. The van der Waals surface area contributed by atoms with Gasteiger partial charge in [0, 0.05) is 18.3 Å². The third kappa shape index (κ3) is 3.56. The number of aliphatic hydroxyl groups excluding tert-OH is 1. The van der Waals surface area contributed by atoms with Crippen molar-refractivity contribution in [2.24, 2.45) is 35.0 Å². The second-order valence-electron chi connectivity index (χ2n) is 14.7. The van der Waals surface area contributed by atoms with Gasteiger partial charge in [-0.05, 0) is 110 Å². The third-order valence-electron chi connectivity index (χ3n) is 13.1. The quantitative estimate of drug-likeness (QED) is 0.462. The molecule has 0 amide bonds. The topological polar surface area (TPSA) is 68.2 Å². The van der Waals surface area contributed by atoms with Crippen LogP contribution in [0.2, 0.25) is 0 Å². The van der Waals surface area contributed by atoms with Crippen LogP contribution < -0.4 is 0 Å². The lowest BCUT2D eigenvalue weighted by molar-refractivity contribution is -0.259. The van der Waals surface area contributed by atoms with Crippen molar-refractivity contribution < 1.29 is 24.4 Å². The Hall–Kier alpha value is -1.24. The van der Waals surface area contributed by atoms with E-state index >= 15 is 0 Å². The molecule has 5 aliphatic carbocycles. The summed E-state index contributed by atoms with van der Waals surface area (Å²) >= 11 is 0. The van der Waals surface area contributed by atoms with Gasteiger partial charge in [0.25, 0.3) is 0 Å². The Balaban J connectivity index is 1.19. The summed E-state index contributed by atoms with van der Waals surface area (Å²) < 4.78 is 19.0. The molecule has 7 fully saturated rings. The van der Waals surface area contributed by atoms with E-state index in [0.717, 1.165) is 70.0 Å². The van der Waals surface area contributed by atoms with Crippen LogP contribution in [0.1, 0.15) is 101 Å². The highest BCUT2D eigenvalue weighted by Crippen LogP contribution is 2.72. The number of benzene rings is 1. The fourth-order valence-electron chi connectivity index (χ4n) is 11.1. The van der Waals surface area contributed by atoms with E-state index in [4.69, 9.17) is 14.2 Å². The van der Waals surface area contributed by atoms with Crippen molar-refractivity contribution >= 4 is 0 Å². The van der Waals surface area contributed by atoms with Crippen LogP contribution >= 0.6 is 0 Å². The number of rotatable bonds is 3. The second-order valence-corrected chi connectivity index (χ2v) is 14.7. The molecule has 5 heteroatoms. The Kier molecular flexibility index (Phi) is 5.64. The number of ether oxygens (including phenoxy) is 3. The van der Waals surface area contributed by atoms with E-state index in [-0.39, 0.29) is 23.0 Å². The highest BCUT2D eigenvalue weighted by molar-refractivity contribution is 5.35. The van der Waals surface area contributed by atoms with Gasteiger partial charge in [0.15, 0.2) is 5.79 Å². The molecule has 2 heterocycles. The summed E-state index contributed by atoms with van der Waals surface area (Å²) in [6.45, 7) is 9.18. The maximum absolute atomic E-state index is 12.3.